The molecule has 1 aliphatic rings. The number of aryl methyl sites for hydroxylation is 1. The minimum absolute atomic E-state index is 0.111. The summed E-state index contributed by atoms with van der Waals surface area (Å²) in [5.41, 5.74) is 0.666. The zero-order valence-corrected chi connectivity index (χ0v) is 12.0. The normalized spacial score (nSPS) is 15.4. The predicted molar refractivity (Wildman–Crippen MR) is 77.4 cm³/mol. The molecule has 1 heterocycles. The third-order valence-electron chi connectivity index (χ3n) is 3.36. The number of nitro benzene ring substituents is 1. The average molecular weight is 293 g/mol. The van der Waals surface area contributed by atoms with Gasteiger partial charge in [0.05, 0.1) is 4.92 Å². The van der Waals surface area contributed by atoms with Crippen LogP contribution in [0, 0.1) is 17.0 Å². The van der Waals surface area contributed by atoms with Gasteiger partial charge >= 0.3 is 5.69 Å². The van der Waals surface area contributed by atoms with Crippen LogP contribution in [0.3, 0.4) is 0 Å². The van der Waals surface area contributed by atoms with Crippen molar-refractivity contribution in [3.05, 3.63) is 33.9 Å². The Kier molecular flexibility index (Phi) is 5.10. The highest BCUT2D eigenvalue weighted by molar-refractivity contribution is 5.78. The van der Waals surface area contributed by atoms with Gasteiger partial charge in [-0.2, -0.15) is 0 Å². The molecule has 2 rings (SSSR count). The van der Waals surface area contributed by atoms with Crippen LogP contribution >= 0.6 is 0 Å². The second-order valence-electron chi connectivity index (χ2n) is 5.00. The lowest BCUT2D eigenvalue weighted by molar-refractivity contribution is -0.385. The van der Waals surface area contributed by atoms with Crippen molar-refractivity contribution >= 4 is 11.6 Å². The number of amides is 1. The summed E-state index contributed by atoms with van der Waals surface area (Å²) in [6.45, 7) is 4.57. The van der Waals surface area contributed by atoms with Crippen LogP contribution in [0.15, 0.2) is 18.2 Å². The van der Waals surface area contributed by atoms with Gasteiger partial charge in [-0.05, 0) is 31.5 Å². The maximum atomic E-state index is 12.1. The average Bonchev–Trinajstić information content (AvgIpc) is 2.74. The van der Waals surface area contributed by atoms with Gasteiger partial charge in [0.25, 0.3) is 5.91 Å². The standard InChI is InChI=1S/C14H19N3O4/c1-11-3-4-13(12(9-11)17(19)20)21-10-14(18)16-7-2-5-15-6-8-16/h3-4,9,15H,2,5-8,10H2,1H3. The number of rotatable bonds is 4. The number of nitrogens with zero attached hydrogens (tertiary/aromatic N) is 2. The molecule has 1 aromatic carbocycles. The molecule has 0 unspecified atom stereocenters. The Labute approximate surface area is 123 Å². The fourth-order valence-electron chi connectivity index (χ4n) is 2.22. The predicted octanol–water partition coefficient (Wildman–Crippen LogP) is 1.10. The Morgan fingerprint density at radius 2 is 2.24 bits per heavy atom. The topological polar surface area (TPSA) is 84.7 Å². The molecule has 0 saturated carbocycles. The maximum absolute atomic E-state index is 12.1. The zero-order chi connectivity index (χ0) is 15.2. The number of benzene rings is 1. The van der Waals surface area contributed by atoms with Crippen LogP contribution in [-0.2, 0) is 4.79 Å². The third kappa shape index (κ3) is 4.16. The summed E-state index contributed by atoms with van der Waals surface area (Å²) in [5.74, 6) is -0.0135. The fraction of sp³-hybridized carbons (Fsp3) is 0.500. The highest BCUT2D eigenvalue weighted by atomic mass is 16.6. The van der Waals surface area contributed by atoms with Crippen molar-refractivity contribution in [2.45, 2.75) is 13.3 Å². The molecule has 0 aliphatic carbocycles. The number of ether oxygens (including phenoxy) is 1. The van der Waals surface area contributed by atoms with Gasteiger partial charge in [0.2, 0.25) is 0 Å². The molecule has 0 atom stereocenters. The first-order chi connectivity index (χ1) is 10.1. The molecule has 0 bridgehead atoms. The van der Waals surface area contributed by atoms with Crippen LogP contribution in [-0.4, -0.2) is 48.5 Å². The first kappa shape index (κ1) is 15.2. The molecule has 1 saturated heterocycles. The third-order valence-corrected chi connectivity index (χ3v) is 3.36. The van der Waals surface area contributed by atoms with Gasteiger partial charge in [0, 0.05) is 25.7 Å². The number of hydrogen-bond donors (Lipinski definition) is 1. The van der Waals surface area contributed by atoms with E-state index in [1.807, 2.05) is 0 Å². The van der Waals surface area contributed by atoms with Gasteiger partial charge in [-0.25, -0.2) is 0 Å². The summed E-state index contributed by atoms with van der Waals surface area (Å²) in [4.78, 5) is 24.3. The van der Waals surface area contributed by atoms with Gasteiger partial charge in [0.1, 0.15) is 0 Å². The highest BCUT2D eigenvalue weighted by Crippen LogP contribution is 2.27. The van der Waals surface area contributed by atoms with Crippen molar-refractivity contribution in [1.29, 1.82) is 0 Å². The minimum Gasteiger partial charge on any atom is -0.477 e. The Hall–Kier alpha value is -2.15. The molecule has 21 heavy (non-hydrogen) atoms. The summed E-state index contributed by atoms with van der Waals surface area (Å²) in [7, 11) is 0. The first-order valence-corrected chi connectivity index (χ1v) is 6.94. The SMILES string of the molecule is Cc1ccc(OCC(=O)N2CCCNCC2)c([N+](=O)[O-])c1. The van der Waals surface area contributed by atoms with Crippen LogP contribution < -0.4 is 10.1 Å². The van der Waals surface area contributed by atoms with Crippen LogP contribution in [0.4, 0.5) is 5.69 Å². The van der Waals surface area contributed by atoms with Crippen LogP contribution in [0.1, 0.15) is 12.0 Å². The molecular weight excluding hydrogens is 274 g/mol. The molecule has 1 aromatic rings. The summed E-state index contributed by atoms with van der Waals surface area (Å²) in [6, 6.07) is 4.70. The van der Waals surface area contributed by atoms with Gasteiger partial charge in [-0.1, -0.05) is 6.07 Å². The molecule has 1 fully saturated rings. The molecule has 1 amide bonds. The van der Waals surface area contributed by atoms with Crippen molar-refractivity contribution in [3.8, 4) is 5.75 Å². The zero-order valence-electron chi connectivity index (χ0n) is 12.0. The summed E-state index contributed by atoms with van der Waals surface area (Å²) < 4.78 is 5.36. The molecule has 114 valence electrons. The second-order valence-corrected chi connectivity index (χ2v) is 5.00. The molecule has 0 spiro atoms. The van der Waals surface area contributed by atoms with E-state index in [4.69, 9.17) is 4.74 Å². The summed E-state index contributed by atoms with van der Waals surface area (Å²) >= 11 is 0. The molecule has 1 N–H and O–H groups in total. The molecular formula is C14H19N3O4. The Morgan fingerprint density at radius 3 is 3.00 bits per heavy atom. The highest BCUT2D eigenvalue weighted by Gasteiger charge is 2.19. The van der Waals surface area contributed by atoms with Gasteiger partial charge < -0.3 is 15.0 Å². The van der Waals surface area contributed by atoms with E-state index in [1.165, 1.54) is 12.1 Å². The second kappa shape index (κ2) is 7.03. The van der Waals surface area contributed by atoms with E-state index in [2.05, 4.69) is 5.32 Å². The van der Waals surface area contributed by atoms with E-state index < -0.39 is 4.92 Å². The van der Waals surface area contributed by atoms with E-state index in [0.717, 1.165) is 25.1 Å². The van der Waals surface area contributed by atoms with Gasteiger partial charge in [0.15, 0.2) is 12.4 Å². The maximum Gasteiger partial charge on any atom is 0.311 e. The van der Waals surface area contributed by atoms with Crippen LogP contribution in [0.25, 0.3) is 0 Å². The number of hydrogen-bond acceptors (Lipinski definition) is 5. The van der Waals surface area contributed by atoms with E-state index in [1.54, 1.807) is 17.9 Å². The number of nitrogens with one attached hydrogen (secondary N) is 1. The quantitative estimate of drug-likeness (QED) is 0.664. The Bertz CT molecular complexity index is 525. The number of carbonyl (C=O) groups is 1. The lowest BCUT2D eigenvalue weighted by Crippen LogP contribution is -2.37. The van der Waals surface area contributed by atoms with Crippen molar-refractivity contribution in [2.75, 3.05) is 32.8 Å². The van der Waals surface area contributed by atoms with E-state index in [-0.39, 0.29) is 24.0 Å². The molecule has 7 heteroatoms. The minimum atomic E-state index is -0.497. The van der Waals surface area contributed by atoms with Crippen LogP contribution in [0.5, 0.6) is 5.75 Å². The van der Waals surface area contributed by atoms with Crippen molar-refractivity contribution < 1.29 is 14.5 Å². The Balaban J connectivity index is 1.99. The molecule has 1 aliphatic heterocycles. The van der Waals surface area contributed by atoms with E-state index >= 15 is 0 Å². The molecule has 7 nitrogen and oxygen atoms in total. The van der Waals surface area contributed by atoms with Gasteiger partial charge in [-0.15, -0.1) is 0 Å². The molecule has 0 radical (unpaired) electrons. The van der Waals surface area contributed by atoms with Crippen LogP contribution in [0.2, 0.25) is 0 Å². The monoisotopic (exact) mass is 293 g/mol. The van der Waals surface area contributed by atoms with Crippen molar-refractivity contribution in [1.82, 2.24) is 10.2 Å². The lowest BCUT2D eigenvalue weighted by Gasteiger charge is -2.19. The number of carbonyl (C=O) groups excluding carboxylic acids is 1. The van der Waals surface area contributed by atoms with Gasteiger partial charge in [-0.3, -0.25) is 14.9 Å². The van der Waals surface area contributed by atoms with Crippen molar-refractivity contribution in [3.63, 3.8) is 0 Å². The first-order valence-electron chi connectivity index (χ1n) is 6.94. The lowest BCUT2D eigenvalue weighted by atomic mass is 10.2. The van der Waals surface area contributed by atoms with E-state index in [0.29, 0.717) is 13.1 Å². The fourth-order valence-corrected chi connectivity index (χ4v) is 2.22. The summed E-state index contributed by atoms with van der Waals surface area (Å²) in [6.07, 6.45) is 0.899. The smallest absolute Gasteiger partial charge is 0.311 e. The Morgan fingerprint density at radius 1 is 1.43 bits per heavy atom. The largest absolute Gasteiger partial charge is 0.477 e. The van der Waals surface area contributed by atoms with E-state index in [9.17, 15) is 14.9 Å². The van der Waals surface area contributed by atoms with Crippen molar-refractivity contribution in [2.24, 2.45) is 0 Å². The molecule has 0 aromatic heterocycles. The summed E-state index contributed by atoms with van der Waals surface area (Å²) in [5, 5.41) is 14.2. The number of nitro groups is 1.